The van der Waals surface area contributed by atoms with Crippen molar-refractivity contribution in [2.75, 3.05) is 18.1 Å². The molecule has 1 unspecified atom stereocenters. The molecule has 0 aliphatic carbocycles. The van der Waals surface area contributed by atoms with Crippen molar-refractivity contribution in [2.24, 2.45) is 5.73 Å². The van der Waals surface area contributed by atoms with Crippen LogP contribution >= 0.6 is 19.0 Å². The third-order valence-corrected chi connectivity index (χ3v) is 11.1. The maximum absolute atomic E-state index is 5.75. The first kappa shape index (κ1) is 19.2. The van der Waals surface area contributed by atoms with Gasteiger partial charge in [-0.1, -0.05) is 54.6 Å². The van der Waals surface area contributed by atoms with Crippen molar-refractivity contribution >= 4 is 34.9 Å². The van der Waals surface area contributed by atoms with Crippen LogP contribution in [-0.4, -0.2) is 23.7 Å². The molecule has 0 aromatic heterocycles. The Bertz CT molecular complexity index is 680. The first-order chi connectivity index (χ1) is 12.8. The second-order valence-electron chi connectivity index (χ2n) is 6.44. The molecule has 0 fully saturated rings. The van der Waals surface area contributed by atoms with Crippen molar-refractivity contribution in [2.45, 2.75) is 12.6 Å². The van der Waals surface area contributed by atoms with E-state index in [1.807, 2.05) is 11.8 Å². The van der Waals surface area contributed by atoms with E-state index in [-0.39, 0.29) is 0 Å². The molecule has 1 nitrogen and oxygen atoms in total. The molecule has 3 aromatic rings. The average Bonchev–Trinajstić information content (AvgIpc) is 2.71. The van der Waals surface area contributed by atoms with Crippen molar-refractivity contribution in [3.63, 3.8) is 0 Å². The van der Waals surface area contributed by atoms with Crippen LogP contribution in [-0.2, 0) is 0 Å². The highest BCUT2D eigenvalue weighted by atomic mass is 32.2. The topological polar surface area (TPSA) is 26.0 Å². The van der Waals surface area contributed by atoms with E-state index in [0.717, 1.165) is 18.1 Å². The standard InChI is InChI=1S/C23H27NPS/c1-20(19-26-18-17-24)25(21-11-5-2-6-12-21,22-13-7-3-8-14-22)23-15-9-4-10-16-23/h2-16,20H,17-19,24H2,1H3/q+1. The van der Waals surface area contributed by atoms with Gasteiger partial charge < -0.3 is 5.73 Å². The van der Waals surface area contributed by atoms with E-state index in [1.165, 1.54) is 15.9 Å². The zero-order valence-corrected chi connectivity index (χ0v) is 17.0. The minimum atomic E-state index is -1.75. The largest absolute Gasteiger partial charge is 0.330 e. The van der Waals surface area contributed by atoms with Gasteiger partial charge in [-0.05, 0) is 43.3 Å². The van der Waals surface area contributed by atoms with Crippen molar-refractivity contribution < 1.29 is 0 Å². The minimum absolute atomic E-state index is 0.534. The summed E-state index contributed by atoms with van der Waals surface area (Å²) < 4.78 is 0. The van der Waals surface area contributed by atoms with Crippen LogP contribution in [0.3, 0.4) is 0 Å². The van der Waals surface area contributed by atoms with E-state index in [0.29, 0.717) is 5.66 Å². The lowest BCUT2D eigenvalue weighted by Crippen LogP contribution is -2.38. The Kier molecular flexibility index (Phi) is 6.91. The summed E-state index contributed by atoms with van der Waals surface area (Å²) in [5.74, 6) is 2.13. The summed E-state index contributed by atoms with van der Waals surface area (Å²) in [6.07, 6.45) is 0. The van der Waals surface area contributed by atoms with Crippen molar-refractivity contribution in [1.82, 2.24) is 0 Å². The van der Waals surface area contributed by atoms with E-state index in [1.54, 1.807) is 0 Å². The molecule has 2 N–H and O–H groups in total. The highest BCUT2D eigenvalue weighted by Crippen LogP contribution is 2.60. The second kappa shape index (κ2) is 9.37. The van der Waals surface area contributed by atoms with Gasteiger partial charge in [-0.25, -0.2) is 0 Å². The second-order valence-corrected chi connectivity index (χ2v) is 11.5. The molecule has 134 valence electrons. The molecule has 0 bridgehead atoms. The van der Waals surface area contributed by atoms with E-state index in [2.05, 4.69) is 97.9 Å². The number of hydrogen-bond acceptors (Lipinski definition) is 2. The molecule has 0 saturated heterocycles. The van der Waals surface area contributed by atoms with E-state index < -0.39 is 7.26 Å². The molecule has 0 heterocycles. The van der Waals surface area contributed by atoms with Gasteiger partial charge in [0.15, 0.2) is 0 Å². The highest BCUT2D eigenvalue weighted by molar-refractivity contribution is 8.01. The first-order valence-electron chi connectivity index (χ1n) is 9.13. The van der Waals surface area contributed by atoms with Crippen LogP contribution in [0.2, 0.25) is 0 Å². The van der Waals surface area contributed by atoms with Gasteiger partial charge >= 0.3 is 0 Å². The Morgan fingerprint density at radius 1 is 0.731 bits per heavy atom. The van der Waals surface area contributed by atoms with Crippen molar-refractivity contribution in [1.29, 1.82) is 0 Å². The maximum atomic E-state index is 5.75. The van der Waals surface area contributed by atoms with Crippen LogP contribution in [0.1, 0.15) is 6.92 Å². The zero-order chi connectivity index (χ0) is 18.2. The molecule has 1 atom stereocenters. The fourth-order valence-corrected chi connectivity index (χ4v) is 9.88. The summed E-state index contributed by atoms with van der Waals surface area (Å²) in [6, 6.07) is 33.3. The normalized spacial score (nSPS) is 12.7. The summed E-state index contributed by atoms with van der Waals surface area (Å²) in [6.45, 7) is 3.16. The fourth-order valence-electron chi connectivity index (χ4n) is 3.65. The molecule has 3 heteroatoms. The number of hydrogen-bond donors (Lipinski definition) is 1. The van der Waals surface area contributed by atoms with Crippen LogP contribution in [0.5, 0.6) is 0 Å². The molecule has 3 aromatic carbocycles. The summed E-state index contributed by atoms with van der Waals surface area (Å²) in [4.78, 5) is 0. The number of rotatable bonds is 8. The van der Waals surface area contributed by atoms with E-state index in [9.17, 15) is 0 Å². The third kappa shape index (κ3) is 3.88. The average molecular weight is 381 g/mol. The van der Waals surface area contributed by atoms with Gasteiger partial charge in [0.05, 0.1) is 5.66 Å². The Hall–Kier alpha value is -1.60. The molecule has 3 rings (SSSR count). The molecular formula is C23H27NPS+. The lowest BCUT2D eigenvalue weighted by Gasteiger charge is -2.33. The molecule has 0 aliphatic rings. The Balaban J connectivity index is 2.21. The summed E-state index contributed by atoms with van der Waals surface area (Å²) >= 11 is 1.97. The van der Waals surface area contributed by atoms with Gasteiger partial charge in [-0.2, -0.15) is 11.8 Å². The number of nitrogens with two attached hydrogens (primary N) is 1. The quantitative estimate of drug-likeness (QED) is 0.471. The Labute approximate surface area is 162 Å². The van der Waals surface area contributed by atoms with Crippen LogP contribution in [0.4, 0.5) is 0 Å². The lowest BCUT2D eigenvalue weighted by molar-refractivity contribution is 1.09. The van der Waals surface area contributed by atoms with Crippen LogP contribution < -0.4 is 21.6 Å². The van der Waals surface area contributed by atoms with Gasteiger partial charge in [0.1, 0.15) is 23.2 Å². The lowest BCUT2D eigenvalue weighted by atomic mass is 10.3. The summed E-state index contributed by atoms with van der Waals surface area (Å²) in [5, 5.41) is 4.37. The molecular weight excluding hydrogens is 353 g/mol. The molecule has 0 spiro atoms. The SMILES string of the molecule is CC(CSCCN)[P+](c1ccccc1)(c1ccccc1)c1ccccc1. The predicted molar refractivity (Wildman–Crippen MR) is 121 cm³/mol. The van der Waals surface area contributed by atoms with Crippen LogP contribution in [0, 0.1) is 0 Å². The molecule has 0 radical (unpaired) electrons. The zero-order valence-electron chi connectivity index (χ0n) is 15.3. The maximum Gasteiger partial charge on any atom is 0.115 e. The summed E-state index contributed by atoms with van der Waals surface area (Å²) in [7, 11) is -1.75. The van der Waals surface area contributed by atoms with E-state index >= 15 is 0 Å². The highest BCUT2D eigenvalue weighted by Gasteiger charge is 2.49. The van der Waals surface area contributed by atoms with Gasteiger partial charge in [-0.15, -0.1) is 0 Å². The Morgan fingerprint density at radius 3 is 1.46 bits per heavy atom. The predicted octanol–water partition coefficient (Wildman–Crippen LogP) is 4.06. The van der Waals surface area contributed by atoms with Gasteiger partial charge in [0.25, 0.3) is 0 Å². The van der Waals surface area contributed by atoms with Crippen molar-refractivity contribution in [3.8, 4) is 0 Å². The monoisotopic (exact) mass is 380 g/mol. The summed E-state index contributed by atoms with van der Waals surface area (Å²) in [5.41, 5.74) is 6.28. The van der Waals surface area contributed by atoms with E-state index in [4.69, 9.17) is 5.73 Å². The molecule has 26 heavy (non-hydrogen) atoms. The molecule has 0 aliphatic heterocycles. The third-order valence-electron chi connectivity index (χ3n) is 4.77. The Morgan fingerprint density at radius 2 is 1.12 bits per heavy atom. The van der Waals surface area contributed by atoms with Gasteiger partial charge in [0, 0.05) is 18.1 Å². The smallest absolute Gasteiger partial charge is 0.115 e. The van der Waals surface area contributed by atoms with Crippen LogP contribution in [0.15, 0.2) is 91.0 Å². The van der Waals surface area contributed by atoms with Gasteiger partial charge in [0.2, 0.25) is 0 Å². The fraction of sp³-hybridized carbons (Fsp3) is 0.217. The molecule has 0 saturated carbocycles. The number of benzene rings is 3. The van der Waals surface area contributed by atoms with Crippen LogP contribution in [0.25, 0.3) is 0 Å². The van der Waals surface area contributed by atoms with Gasteiger partial charge in [-0.3, -0.25) is 0 Å². The minimum Gasteiger partial charge on any atom is -0.330 e. The first-order valence-corrected chi connectivity index (χ1v) is 12.1. The van der Waals surface area contributed by atoms with Crippen molar-refractivity contribution in [3.05, 3.63) is 91.0 Å². The number of thioether (sulfide) groups is 1. The molecule has 0 amide bonds.